The Kier molecular flexibility index (Phi) is 6.76. The number of imidazole rings is 1. The number of aliphatic hydroxyl groups excluding tert-OH is 1. The molecule has 5 rings (SSSR count). The van der Waals surface area contributed by atoms with Crippen LogP contribution in [-0.2, 0) is 19.9 Å². The molecule has 0 spiro atoms. The average Bonchev–Trinajstić information content (AvgIpc) is 3.29. The summed E-state index contributed by atoms with van der Waals surface area (Å²) in [6.07, 6.45) is 6.39. The molecule has 200 valence electrons. The molecule has 4 aromatic rings. The minimum Gasteiger partial charge on any atom is -0.393 e. The number of nitrogens with one attached hydrogen (secondary N) is 1. The standard InChI is InChI=1S/C26H29N5O5S2/c1-16-6-11-21(38(35,36)30-18-7-9-19(32)10-8-18)13-22(16)24-14-28-26-25(27)29-23(15-31(24)26)17-4-3-5-20(12-17)37(2,33)34/h3-6,11-15,18-19,30,32H,7-10H2,1-2H3,(H2,27,29). The molecule has 4 N–H and O–H groups in total. The number of sulfonamides is 1. The smallest absolute Gasteiger partial charge is 0.240 e. The Labute approximate surface area is 221 Å². The van der Waals surface area contributed by atoms with Gasteiger partial charge in [-0.1, -0.05) is 18.2 Å². The molecule has 0 saturated heterocycles. The van der Waals surface area contributed by atoms with E-state index in [2.05, 4.69) is 14.7 Å². The summed E-state index contributed by atoms with van der Waals surface area (Å²) >= 11 is 0. The van der Waals surface area contributed by atoms with Crippen molar-refractivity contribution in [1.82, 2.24) is 19.1 Å². The molecule has 2 aromatic heterocycles. The number of nitrogens with two attached hydrogens (primary N) is 1. The molecule has 1 fully saturated rings. The molecule has 38 heavy (non-hydrogen) atoms. The predicted octanol–water partition coefficient (Wildman–Crippen LogP) is 2.94. The molecule has 0 bridgehead atoms. The highest BCUT2D eigenvalue weighted by molar-refractivity contribution is 7.90. The van der Waals surface area contributed by atoms with Crippen LogP contribution in [0.5, 0.6) is 0 Å². The van der Waals surface area contributed by atoms with Crippen LogP contribution in [0.1, 0.15) is 31.2 Å². The number of rotatable bonds is 6. The number of fused-ring (bicyclic) bond motifs is 1. The molecule has 12 heteroatoms. The van der Waals surface area contributed by atoms with Gasteiger partial charge in [0.25, 0.3) is 0 Å². The monoisotopic (exact) mass is 555 g/mol. The number of benzene rings is 2. The molecule has 0 unspecified atom stereocenters. The highest BCUT2D eigenvalue weighted by Gasteiger charge is 2.26. The Morgan fingerprint density at radius 3 is 2.47 bits per heavy atom. The average molecular weight is 556 g/mol. The Bertz CT molecular complexity index is 1740. The first-order valence-corrected chi connectivity index (χ1v) is 15.6. The number of aromatic nitrogens is 3. The van der Waals surface area contributed by atoms with Crippen molar-refractivity contribution in [2.75, 3.05) is 12.0 Å². The normalized spacial score (nSPS) is 18.6. The van der Waals surface area contributed by atoms with E-state index in [1.165, 1.54) is 12.1 Å². The van der Waals surface area contributed by atoms with Crippen molar-refractivity contribution in [1.29, 1.82) is 0 Å². The van der Waals surface area contributed by atoms with Gasteiger partial charge in [0.05, 0.1) is 33.5 Å². The summed E-state index contributed by atoms with van der Waals surface area (Å²) in [4.78, 5) is 9.13. The van der Waals surface area contributed by atoms with Crippen LogP contribution < -0.4 is 10.5 Å². The fourth-order valence-corrected chi connectivity index (χ4v) is 6.76. The molecule has 1 aliphatic rings. The quantitative estimate of drug-likeness (QED) is 0.328. The Balaban J connectivity index is 1.56. The highest BCUT2D eigenvalue weighted by Crippen LogP contribution is 2.31. The first kappa shape index (κ1) is 26.3. The van der Waals surface area contributed by atoms with Gasteiger partial charge in [-0.05, 0) is 62.4 Å². The molecule has 1 saturated carbocycles. The van der Waals surface area contributed by atoms with E-state index in [-0.39, 0.29) is 27.8 Å². The molecule has 2 aromatic carbocycles. The Hall–Kier alpha value is -3.32. The second-order valence-corrected chi connectivity index (χ2v) is 13.5. The van der Waals surface area contributed by atoms with E-state index in [4.69, 9.17) is 5.73 Å². The first-order chi connectivity index (χ1) is 17.9. The summed E-state index contributed by atoms with van der Waals surface area (Å²) in [5.74, 6) is 0.154. The molecule has 0 amide bonds. The number of aryl methyl sites for hydroxylation is 1. The van der Waals surface area contributed by atoms with Gasteiger partial charge in [-0.15, -0.1) is 0 Å². The zero-order valence-corrected chi connectivity index (χ0v) is 22.6. The van der Waals surface area contributed by atoms with Crippen LogP contribution in [-0.4, -0.2) is 54.7 Å². The highest BCUT2D eigenvalue weighted by atomic mass is 32.2. The number of hydrogen-bond donors (Lipinski definition) is 3. The fourth-order valence-electron chi connectivity index (χ4n) is 4.76. The van der Waals surface area contributed by atoms with Crippen LogP contribution >= 0.6 is 0 Å². The molecule has 2 heterocycles. The van der Waals surface area contributed by atoms with Gasteiger partial charge in [-0.2, -0.15) is 0 Å². The lowest BCUT2D eigenvalue weighted by Gasteiger charge is -2.26. The molecule has 1 aliphatic carbocycles. The summed E-state index contributed by atoms with van der Waals surface area (Å²) < 4.78 is 55.0. The van der Waals surface area contributed by atoms with E-state index in [0.717, 1.165) is 11.8 Å². The van der Waals surface area contributed by atoms with Gasteiger partial charge in [-0.25, -0.2) is 31.5 Å². The number of anilines is 1. The lowest BCUT2D eigenvalue weighted by molar-refractivity contribution is 0.120. The van der Waals surface area contributed by atoms with Gasteiger partial charge in [0.1, 0.15) is 0 Å². The minimum atomic E-state index is -3.79. The van der Waals surface area contributed by atoms with Crippen LogP contribution in [0, 0.1) is 6.92 Å². The predicted molar refractivity (Wildman–Crippen MR) is 145 cm³/mol. The van der Waals surface area contributed by atoms with Gasteiger partial charge in [0.2, 0.25) is 10.0 Å². The third kappa shape index (κ3) is 5.17. The van der Waals surface area contributed by atoms with E-state index < -0.39 is 19.9 Å². The van der Waals surface area contributed by atoms with Gasteiger partial charge in [0, 0.05) is 29.6 Å². The Morgan fingerprint density at radius 2 is 1.76 bits per heavy atom. The van der Waals surface area contributed by atoms with Crippen LogP contribution in [0.2, 0.25) is 0 Å². The van der Waals surface area contributed by atoms with Crippen molar-refractivity contribution in [2.45, 2.75) is 54.5 Å². The number of aliphatic hydroxyl groups is 1. The largest absolute Gasteiger partial charge is 0.393 e. The van der Waals surface area contributed by atoms with E-state index in [1.54, 1.807) is 47.1 Å². The third-order valence-corrected chi connectivity index (χ3v) is 9.52. The zero-order valence-electron chi connectivity index (χ0n) is 21.0. The van der Waals surface area contributed by atoms with Crippen LogP contribution in [0.4, 0.5) is 5.82 Å². The molecule has 0 aliphatic heterocycles. The number of hydrogen-bond acceptors (Lipinski definition) is 8. The number of sulfone groups is 1. The molecule has 0 radical (unpaired) electrons. The zero-order chi connectivity index (χ0) is 27.2. The second-order valence-electron chi connectivity index (χ2n) is 9.75. The maximum absolute atomic E-state index is 13.2. The van der Waals surface area contributed by atoms with Crippen molar-refractivity contribution in [2.24, 2.45) is 0 Å². The minimum absolute atomic E-state index is 0.127. The maximum Gasteiger partial charge on any atom is 0.240 e. The van der Waals surface area contributed by atoms with Crippen LogP contribution in [0.3, 0.4) is 0 Å². The molecular weight excluding hydrogens is 526 g/mol. The number of nitrogens with zero attached hydrogens (tertiary/aromatic N) is 3. The molecular formula is C26H29N5O5S2. The summed E-state index contributed by atoms with van der Waals surface area (Å²) in [7, 11) is -7.21. The summed E-state index contributed by atoms with van der Waals surface area (Å²) in [6, 6.07) is 11.1. The SMILES string of the molecule is Cc1ccc(S(=O)(=O)NC2CCC(O)CC2)cc1-c1cnc2c(N)nc(-c3cccc(S(C)(=O)=O)c3)cn12. The fraction of sp³-hybridized carbons (Fsp3) is 0.308. The van der Waals surface area contributed by atoms with Crippen molar-refractivity contribution in [3.05, 3.63) is 60.4 Å². The molecule has 0 atom stereocenters. The lowest BCUT2D eigenvalue weighted by atomic mass is 9.94. The van der Waals surface area contributed by atoms with Gasteiger partial charge in [0.15, 0.2) is 21.3 Å². The van der Waals surface area contributed by atoms with Crippen LogP contribution in [0.15, 0.2) is 64.6 Å². The summed E-state index contributed by atoms with van der Waals surface area (Å²) in [5, 5.41) is 9.74. The van der Waals surface area contributed by atoms with Gasteiger partial charge < -0.3 is 10.8 Å². The third-order valence-electron chi connectivity index (χ3n) is 6.89. The van der Waals surface area contributed by atoms with Crippen molar-refractivity contribution in [3.63, 3.8) is 0 Å². The Morgan fingerprint density at radius 1 is 1.03 bits per heavy atom. The number of nitrogen functional groups attached to an aromatic ring is 1. The van der Waals surface area contributed by atoms with E-state index in [1.807, 2.05) is 6.92 Å². The van der Waals surface area contributed by atoms with E-state index >= 15 is 0 Å². The summed E-state index contributed by atoms with van der Waals surface area (Å²) in [5.41, 5.74) is 9.74. The van der Waals surface area contributed by atoms with Crippen molar-refractivity contribution in [3.8, 4) is 22.5 Å². The van der Waals surface area contributed by atoms with E-state index in [0.29, 0.717) is 53.8 Å². The second kappa shape index (κ2) is 9.77. The van der Waals surface area contributed by atoms with Crippen molar-refractivity contribution >= 4 is 31.3 Å². The maximum atomic E-state index is 13.2. The topological polar surface area (TPSA) is 157 Å². The van der Waals surface area contributed by atoms with E-state index in [9.17, 15) is 21.9 Å². The first-order valence-electron chi connectivity index (χ1n) is 12.2. The summed E-state index contributed by atoms with van der Waals surface area (Å²) in [6.45, 7) is 1.88. The van der Waals surface area contributed by atoms with Gasteiger partial charge in [-0.3, -0.25) is 4.40 Å². The van der Waals surface area contributed by atoms with Crippen molar-refractivity contribution < 1.29 is 21.9 Å². The molecule has 10 nitrogen and oxygen atoms in total. The van der Waals surface area contributed by atoms with Gasteiger partial charge >= 0.3 is 0 Å². The van der Waals surface area contributed by atoms with Crippen LogP contribution in [0.25, 0.3) is 28.2 Å². The lowest BCUT2D eigenvalue weighted by Crippen LogP contribution is -2.38.